The number of hydrogen-bond donors (Lipinski definition) is 0. The summed E-state index contributed by atoms with van der Waals surface area (Å²) in [6, 6.07) is 52.4. The Hall–Kier alpha value is -5.80. The van der Waals surface area contributed by atoms with Gasteiger partial charge in [0.1, 0.15) is 11.2 Å². The van der Waals surface area contributed by atoms with Crippen LogP contribution in [-0.4, -0.2) is 10.6 Å². The fraction of sp³-hybridized carbons (Fsp3) is 0.0476. The minimum Gasteiger partial charge on any atom is -0.456 e. The molecule has 0 radical (unpaired) electrons. The van der Waals surface area contributed by atoms with Crippen LogP contribution in [0.4, 0.5) is 11.4 Å². The average molecular weight is 577 g/mol. The molecule has 8 aromatic rings. The Labute approximate surface area is 260 Å². The summed E-state index contributed by atoms with van der Waals surface area (Å²) in [5.74, 6) is 0.155. The van der Waals surface area contributed by atoms with E-state index in [9.17, 15) is 0 Å². The Kier molecular flexibility index (Phi) is 5.11. The van der Waals surface area contributed by atoms with Gasteiger partial charge in [-0.2, -0.15) is 0 Å². The Morgan fingerprint density at radius 3 is 2.20 bits per heavy atom. The van der Waals surface area contributed by atoms with E-state index in [2.05, 4.69) is 167 Å². The Morgan fingerprint density at radius 2 is 1.31 bits per heavy atom. The number of benzene rings is 6. The SMILES string of the molecule is C1=CC2C(c3ccccc3N2c2cccc3oc4ccc(-c5ccccc5)cc4c23)c2c1c1ccccc1n2-c1ccccc1. The monoisotopic (exact) mass is 576 g/mol. The fourth-order valence-electron chi connectivity index (χ4n) is 7.90. The lowest BCUT2D eigenvalue weighted by atomic mass is 9.84. The van der Waals surface area contributed by atoms with E-state index >= 15 is 0 Å². The lowest BCUT2D eigenvalue weighted by Gasteiger charge is -2.32. The first-order valence-electron chi connectivity index (χ1n) is 15.6. The average Bonchev–Trinajstić information content (AvgIpc) is 3.76. The molecule has 1 aliphatic heterocycles. The standard InChI is InChI=1S/C42H28N2O/c1-3-12-27(13-4-1)28-22-25-38-33(26-28)40-36(20-11-21-39(40)45-38)44-35-19-10-8-17-32(35)41-37(44)24-23-31-30-16-7-9-18-34(30)43(42(31)41)29-14-5-2-6-15-29/h1-26,37,41H. The van der Waals surface area contributed by atoms with Crippen LogP contribution in [0.3, 0.4) is 0 Å². The molecule has 0 bridgehead atoms. The lowest BCUT2D eigenvalue weighted by molar-refractivity contribution is 0.668. The molecule has 0 N–H and O–H groups in total. The first kappa shape index (κ1) is 24.6. The minimum absolute atomic E-state index is 0.106. The van der Waals surface area contributed by atoms with Crippen LogP contribution in [-0.2, 0) is 0 Å². The molecule has 6 aromatic carbocycles. The molecule has 0 saturated carbocycles. The van der Waals surface area contributed by atoms with Crippen LogP contribution in [0.5, 0.6) is 0 Å². The second-order valence-electron chi connectivity index (χ2n) is 12.1. The van der Waals surface area contributed by atoms with Crippen LogP contribution in [0.1, 0.15) is 22.7 Å². The number of hydrogen-bond acceptors (Lipinski definition) is 2. The minimum atomic E-state index is 0.106. The zero-order chi connectivity index (χ0) is 29.5. The largest absolute Gasteiger partial charge is 0.456 e. The Bertz CT molecular complexity index is 2450. The molecule has 3 nitrogen and oxygen atoms in total. The van der Waals surface area contributed by atoms with Crippen LogP contribution in [0.15, 0.2) is 156 Å². The van der Waals surface area contributed by atoms with Crippen molar-refractivity contribution in [2.24, 2.45) is 0 Å². The predicted molar refractivity (Wildman–Crippen MR) is 186 cm³/mol. The van der Waals surface area contributed by atoms with Gasteiger partial charge < -0.3 is 13.9 Å². The van der Waals surface area contributed by atoms with Crippen LogP contribution in [0.25, 0.3) is 55.7 Å². The molecule has 0 saturated heterocycles. The van der Waals surface area contributed by atoms with Gasteiger partial charge in [0.25, 0.3) is 0 Å². The molecule has 2 aromatic heterocycles. The van der Waals surface area contributed by atoms with Crippen molar-refractivity contribution in [1.29, 1.82) is 0 Å². The molecule has 2 aliphatic rings. The molecule has 0 spiro atoms. The first-order chi connectivity index (χ1) is 22.3. The van der Waals surface area contributed by atoms with Gasteiger partial charge in [-0.3, -0.25) is 0 Å². The predicted octanol–water partition coefficient (Wildman–Crippen LogP) is 10.9. The third-order valence-corrected chi connectivity index (χ3v) is 9.73. The summed E-state index contributed by atoms with van der Waals surface area (Å²) in [5, 5.41) is 3.59. The van der Waals surface area contributed by atoms with E-state index in [0.29, 0.717) is 0 Å². The van der Waals surface area contributed by atoms with Crippen LogP contribution in [0, 0.1) is 0 Å². The zero-order valence-electron chi connectivity index (χ0n) is 24.5. The van der Waals surface area contributed by atoms with Gasteiger partial charge in [0.15, 0.2) is 0 Å². The maximum absolute atomic E-state index is 6.49. The quantitative estimate of drug-likeness (QED) is 0.209. The second-order valence-corrected chi connectivity index (χ2v) is 12.1. The van der Waals surface area contributed by atoms with Gasteiger partial charge in [-0.1, -0.05) is 109 Å². The van der Waals surface area contributed by atoms with Crippen molar-refractivity contribution >= 4 is 50.3 Å². The van der Waals surface area contributed by atoms with Gasteiger partial charge in [-0.05, 0) is 65.2 Å². The third kappa shape index (κ3) is 3.46. The highest BCUT2D eigenvalue weighted by atomic mass is 16.3. The molecular weight excluding hydrogens is 548 g/mol. The van der Waals surface area contributed by atoms with Crippen LogP contribution in [0.2, 0.25) is 0 Å². The summed E-state index contributed by atoms with van der Waals surface area (Å²) in [4.78, 5) is 2.55. The van der Waals surface area contributed by atoms with E-state index in [1.54, 1.807) is 0 Å². The van der Waals surface area contributed by atoms with Gasteiger partial charge in [-0.15, -0.1) is 0 Å². The highest BCUT2D eigenvalue weighted by molar-refractivity contribution is 6.14. The summed E-state index contributed by atoms with van der Waals surface area (Å²) < 4.78 is 8.98. The molecular formula is C42H28N2O. The van der Waals surface area contributed by atoms with E-state index in [1.807, 2.05) is 0 Å². The van der Waals surface area contributed by atoms with Gasteiger partial charge in [0, 0.05) is 33.4 Å². The number of nitrogens with zero attached hydrogens (tertiary/aromatic N) is 2. The van der Waals surface area contributed by atoms with E-state index in [4.69, 9.17) is 4.42 Å². The summed E-state index contributed by atoms with van der Waals surface area (Å²) in [6.07, 6.45) is 4.78. The molecule has 0 amide bonds. The van der Waals surface area contributed by atoms with Crippen molar-refractivity contribution in [3.63, 3.8) is 0 Å². The summed E-state index contributed by atoms with van der Waals surface area (Å²) in [7, 11) is 0. The summed E-state index contributed by atoms with van der Waals surface area (Å²) in [6.45, 7) is 0. The molecule has 3 heterocycles. The lowest BCUT2D eigenvalue weighted by Crippen LogP contribution is -2.31. The smallest absolute Gasteiger partial charge is 0.137 e. The molecule has 45 heavy (non-hydrogen) atoms. The second kappa shape index (κ2) is 9.35. The van der Waals surface area contributed by atoms with Crippen molar-refractivity contribution in [1.82, 2.24) is 4.57 Å². The first-order valence-corrected chi connectivity index (χ1v) is 15.6. The van der Waals surface area contributed by atoms with Gasteiger partial charge in [0.05, 0.1) is 28.6 Å². The normalized spacial score (nSPS) is 16.8. The van der Waals surface area contributed by atoms with E-state index in [1.165, 1.54) is 55.9 Å². The molecule has 212 valence electrons. The van der Waals surface area contributed by atoms with Crippen molar-refractivity contribution in [3.05, 3.63) is 168 Å². The maximum atomic E-state index is 6.49. The molecule has 2 unspecified atom stereocenters. The van der Waals surface area contributed by atoms with Crippen LogP contribution >= 0.6 is 0 Å². The van der Waals surface area contributed by atoms with Crippen molar-refractivity contribution in [3.8, 4) is 16.8 Å². The van der Waals surface area contributed by atoms with E-state index in [-0.39, 0.29) is 12.0 Å². The summed E-state index contributed by atoms with van der Waals surface area (Å²) >= 11 is 0. The van der Waals surface area contributed by atoms with E-state index in [0.717, 1.165) is 21.9 Å². The molecule has 3 heteroatoms. The summed E-state index contributed by atoms with van der Waals surface area (Å²) in [5.41, 5.74) is 13.1. The number of fused-ring (bicyclic) bond motifs is 10. The maximum Gasteiger partial charge on any atom is 0.137 e. The van der Waals surface area contributed by atoms with Crippen molar-refractivity contribution < 1.29 is 4.42 Å². The van der Waals surface area contributed by atoms with Gasteiger partial charge in [0.2, 0.25) is 0 Å². The van der Waals surface area contributed by atoms with Gasteiger partial charge in [-0.25, -0.2) is 0 Å². The number of anilines is 2. The molecule has 10 rings (SSSR count). The van der Waals surface area contributed by atoms with Crippen LogP contribution < -0.4 is 4.90 Å². The van der Waals surface area contributed by atoms with Crippen molar-refractivity contribution in [2.75, 3.05) is 4.90 Å². The van der Waals surface area contributed by atoms with Gasteiger partial charge >= 0.3 is 0 Å². The highest BCUT2D eigenvalue weighted by Gasteiger charge is 2.44. The number of rotatable bonds is 3. The molecule has 1 aliphatic carbocycles. The zero-order valence-corrected chi connectivity index (χ0v) is 24.5. The molecule has 0 fully saturated rings. The number of para-hydroxylation sites is 3. The van der Waals surface area contributed by atoms with Crippen molar-refractivity contribution in [2.45, 2.75) is 12.0 Å². The topological polar surface area (TPSA) is 21.3 Å². The Morgan fingerprint density at radius 1 is 0.556 bits per heavy atom. The Balaban J connectivity index is 1.23. The molecule has 2 atom stereocenters. The number of aromatic nitrogens is 1. The van der Waals surface area contributed by atoms with E-state index < -0.39 is 0 Å². The third-order valence-electron chi connectivity index (χ3n) is 9.73. The number of furan rings is 1. The fourth-order valence-corrected chi connectivity index (χ4v) is 7.90. The highest BCUT2D eigenvalue weighted by Crippen LogP contribution is 2.55.